The lowest BCUT2D eigenvalue weighted by Gasteiger charge is -2.19. The molecule has 7 heteroatoms. The van der Waals surface area contributed by atoms with Crippen molar-refractivity contribution in [3.63, 3.8) is 0 Å². The fourth-order valence-electron chi connectivity index (χ4n) is 2.83. The van der Waals surface area contributed by atoms with Gasteiger partial charge in [-0.2, -0.15) is 0 Å². The summed E-state index contributed by atoms with van der Waals surface area (Å²) in [5.74, 6) is 0.998. The minimum Gasteiger partial charge on any atom is -0.486 e. The normalized spacial score (nSPS) is 13.2. The van der Waals surface area contributed by atoms with Crippen LogP contribution in [0.5, 0.6) is 11.5 Å². The molecule has 4 rings (SSSR count). The lowest BCUT2D eigenvalue weighted by Crippen LogP contribution is -2.17. The first-order valence-corrected chi connectivity index (χ1v) is 9.99. The van der Waals surface area contributed by atoms with Crippen molar-refractivity contribution in [2.24, 2.45) is 0 Å². The molecule has 0 bridgehead atoms. The second-order valence-corrected chi connectivity index (χ2v) is 7.82. The number of pyridine rings is 1. The molecule has 0 atom stereocenters. The minimum atomic E-state index is -3.71. The number of nitrogens with one attached hydrogen (secondary N) is 1. The highest BCUT2D eigenvalue weighted by molar-refractivity contribution is 7.92. The van der Waals surface area contributed by atoms with Gasteiger partial charge in [0.25, 0.3) is 10.0 Å². The lowest BCUT2D eigenvalue weighted by molar-refractivity contribution is 0.171. The molecule has 0 saturated heterocycles. The zero-order valence-electron chi connectivity index (χ0n) is 14.5. The van der Waals surface area contributed by atoms with E-state index in [1.165, 1.54) is 12.1 Å². The van der Waals surface area contributed by atoms with E-state index in [0.29, 0.717) is 30.4 Å². The number of nitrogens with zero attached hydrogens (tertiary/aromatic N) is 1. The molecule has 138 valence electrons. The Labute approximate surface area is 157 Å². The molecule has 2 heterocycles. The molecule has 0 aliphatic carbocycles. The molecule has 27 heavy (non-hydrogen) atoms. The van der Waals surface area contributed by atoms with E-state index < -0.39 is 10.0 Å². The van der Waals surface area contributed by atoms with E-state index in [4.69, 9.17) is 9.47 Å². The van der Waals surface area contributed by atoms with Crippen LogP contribution in [0, 0.1) is 0 Å². The molecular weight excluding hydrogens is 364 g/mol. The molecule has 0 spiro atoms. The van der Waals surface area contributed by atoms with Crippen LogP contribution in [0.3, 0.4) is 0 Å². The van der Waals surface area contributed by atoms with E-state index >= 15 is 0 Å². The van der Waals surface area contributed by atoms with Crippen molar-refractivity contribution in [1.82, 2.24) is 4.98 Å². The number of hydrogen-bond acceptors (Lipinski definition) is 5. The van der Waals surface area contributed by atoms with Crippen molar-refractivity contribution in [1.29, 1.82) is 0 Å². The van der Waals surface area contributed by atoms with E-state index in [-0.39, 0.29) is 4.90 Å². The van der Waals surface area contributed by atoms with Gasteiger partial charge in [-0.15, -0.1) is 0 Å². The molecular formula is C20H18N2O4S. The Kier molecular flexibility index (Phi) is 4.68. The predicted molar refractivity (Wildman–Crippen MR) is 102 cm³/mol. The number of sulfonamides is 1. The van der Waals surface area contributed by atoms with Gasteiger partial charge in [0.05, 0.1) is 4.90 Å². The molecule has 2 aromatic carbocycles. The summed E-state index contributed by atoms with van der Waals surface area (Å²) >= 11 is 0. The standard InChI is InChI=1S/C20H18N2O4S/c23-27(24,18-5-6-19-20(14-18)26-12-11-25-19)22-17-3-1-15(2-4-17)13-16-7-9-21-10-8-16/h1-10,14,22H,11-13H2. The van der Waals surface area contributed by atoms with Crippen LogP contribution in [-0.2, 0) is 16.4 Å². The molecule has 0 fully saturated rings. The van der Waals surface area contributed by atoms with Crippen LogP contribution in [0.15, 0.2) is 71.9 Å². The minimum absolute atomic E-state index is 0.132. The van der Waals surface area contributed by atoms with Gasteiger partial charge in [0.2, 0.25) is 0 Å². The van der Waals surface area contributed by atoms with E-state index in [2.05, 4.69) is 9.71 Å². The van der Waals surface area contributed by atoms with Gasteiger partial charge < -0.3 is 9.47 Å². The van der Waals surface area contributed by atoms with Crippen molar-refractivity contribution in [2.45, 2.75) is 11.3 Å². The highest BCUT2D eigenvalue weighted by atomic mass is 32.2. The van der Waals surface area contributed by atoms with Gasteiger partial charge in [-0.05, 0) is 53.9 Å². The number of anilines is 1. The first-order chi connectivity index (χ1) is 13.1. The second-order valence-electron chi connectivity index (χ2n) is 6.14. The molecule has 1 aliphatic heterocycles. The molecule has 1 aromatic heterocycles. The van der Waals surface area contributed by atoms with E-state index in [1.807, 2.05) is 24.3 Å². The monoisotopic (exact) mass is 382 g/mol. The molecule has 3 aromatic rings. The summed E-state index contributed by atoms with van der Waals surface area (Å²) in [5.41, 5.74) is 2.74. The fourth-order valence-corrected chi connectivity index (χ4v) is 3.91. The molecule has 0 saturated carbocycles. The lowest BCUT2D eigenvalue weighted by atomic mass is 10.1. The average molecular weight is 382 g/mol. The number of hydrogen-bond donors (Lipinski definition) is 1. The number of benzene rings is 2. The Balaban J connectivity index is 1.49. The van der Waals surface area contributed by atoms with Crippen LogP contribution in [-0.4, -0.2) is 26.6 Å². The van der Waals surface area contributed by atoms with E-state index in [9.17, 15) is 8.42 Å². The summed E-state index contributed by atoms with van der Waals surface area (Å²) in [6, 6.07) is 15.8. The Bertz CT molecular complexity index is 1040. The van der Waals surface area contributed by atoms with Crippen LogP contribution in [0.1, 0.15) is 11.1 Å². The number of fused-ring (bicyclic) bond motifs is 1. The third-order valence-electron chi connectivity index (χ3n) is 4.19. The number of ether oxygens (including phenoxy) is 2. The summed E-state index contributed by atoms with van der Waals surface area (Å²) in [5, 5.41) is 0. The second kappa shape index (κ2) is 7.28. The zero-order valence-corrected chi connectivity index (χ0v) is 15.3. The molecule has 6 nitrogen and oxygen atoms in total. The van der Waals surface area contributed by atoms with Crippen molar-refractivity contribution < 1.29 is 17.9 Å². The van der Waals surface area contributed by atoms with E-state index in [1.54, 1.807) is 30.6 Å². The number of rotatable bonds is 5. The Hall–Kier alpha value is -3.06. The van der Waals surface area contributed by atoms with Crippen molar-refractivity contribution >= 4 is 15.7 Å². The predicted octanol–water partition coefficient (Wildman–Crippen LogP) is 3.24. The fraction of sp³-hybridized carbons (Fsp3) is 0.150. The van der Waals surface area contributed by atoms with Crippen molar-refractivity contribution in [3.8, 4) is 11.5 Å². The molecule has 0 radical (unpaired) electrons. The molecule has 1 aliphatic rings. The quantitative estimate of drug-likeness (QED) is 0.733. The largest absolute Gasteiger partial charge is 0.486 e. The van der Waals surface area contributed by atoms with Crippen LogP contribution in [0.25, 0.3) is 0 Å². The van der Waals surface area contributed by atoms with Gasteiger partial charge >= 0.3 is 0 Å². The molecule has 0 unspecified atom stereocenters. The smallest absolute Gasteiger partial charge is 0.262 e. The maximum Gasteiger partial charge on any atom is 0.262 e. The summed E-state index contributed by atoms with van der Waals surface area (Å²) in [7, 11) is -3.71. The average Bonchev–Trinajstić information content (AvgIpc) is 2.70. The maximum absolute atomic E-state index is 12.6. The third kappa shape index (κ3) is 4.03. The Morgan fingerprint density at radius 2 is 1.52 bits per heavy atom. The van der Waals surface area contributed by atoms with Gasteiger partial charge in [0.1, 0.15) is 13.2 Å². The van der Waals surface area contributed by atoms with Crippen molar-refractivity contribution in [3.05, 3.63) is 78.1 Å². The Morgan fingerprint density at radius 3 is 2.26 bits per heavy atom. The van der Waals surface area contributed by atoms with Crippen molar-refractivity contribution in [2.75, 3.05) is 17.9 Å². The topological polar surface area (TPSA) is 77.5 Å². The molecule has 1 N–H and O–H groups in total. The first kappa shape index (κ1) is 17.4. The highest BCUT2D eigenvalue weighted by Gasteiger charge is 2.19. The van der Waals surface area contributed by atoms with Gasteiger partial charge in [-0.1, -0.05) is 12.1 Å². The summed E-state index contributed by atoms with van der Waals surface area (Å²) in [6.45, 7) is 0.867. The van der Waals surface area contributed by atoms with Gasteiger partial charge in [0, 0.05) is 24.1 Å². The van der Waals surface area contributed by atoms with Crippen LogP contribution >= 0.6 is 0 Å². The summed E-state index contributed by atoms with van der Waals surface area (Å²) in [6.07, 6.45) is 4.27. The summed E-state index contributed by atoms with van der Waals surface area (Å²) < 4.78 is 38.8. The third-order valence-corrected chi connectivity index (χ3v) is 5.57. The SMILES string of the molecule is O=S(=O)(Nc1ccc(Cc2ccncc2)cc1)c1ccc2c(c1)OCCO2. The van der Waals surface area contributed by atoms with Gasteiger partial charge in [0.15, 0.2) is 11.5 Å². The molecule has 0 amide bonds. The maximum atomic E-state index is 12.6. The zero-order chi connectivity index (χ0) is 18.7. The first-order valence-electron chi connectivity index (χ1n) is 8.50. The highest BCUT2D eigenvalue weighted by Crippen LogP contribution is 2.32. The number of aromatic nitrogens is 1. The van der Waals surface area contributed by atoms with Crippen LogP contribution in [0.4, 0.5) is 5.69 Å². The van der Waals surface area contributed by atoms with Crippen LogP contribution < -0.4 is 14.2 Å². The van der Waals surface area contributed by atoms with E-state index in [0.717, 1.165) is 17.5 Å². The summed E-state index contributed by atoms with van der Waals surface area (Å²) in [4.78, 5) is 4.14. The van der Waals surface area contributed by atoms with Gasteiger partial charge in [-0.25, -0.2) is 8.42 Å². The van der Waals surface area contributed by atoms with Crippen LogP contribution in [0.2, 0.25) is 0 Å². The Morgan fingerprint density at radius 1 is 0.852 bits per heavy atom. The van der Waals surface area contributed by atoms with Gasteiger partial charge in [-0.3, -0.25) is 9.71 Å².